The molecule has 0 saturated heterocycles. The molecule has 0 saturated carbocycles. The van der Waals surface area contributed by atoms with Crippen LogP contribution < -0.4 is 0 Å². The molecule has 0 aliphatic heterocycles. The third kappa shape index (κ3) is 2.75. The second-order valence-electron chi connectivity index (χ2n) is 2.59. The maximum atomic E-state index is 4.14. The summed E-state index contributed by atoms with van der Waals surface area (Å²) in [5.74, 6) is 0. The van der Waals surface area contributed by atoms with Crippen molar-refractivity contribution in [3.05, 3.63) is 49.3 Å². The van der Waals surface area contributed by atoms with Crippen molar-refractivity contribution in [2.75, 3.05) is 0 Å². The summed E-state index contributed by atoms with van der Waals surface area (Å²) in [6.07, 6.45) is 12.5. The highest BCUT2D eigenvalue weighted by Gasteiger charge is 1.92. The van der Waals surface area contributed by atoms with E-state index in [1.54, 1.807) is 12.3 Å². The molecule has 0 amide bonds. The van der Waals surface area contributed by atoms with E-state index < -0.39 is 0 Å². The van der Waals surface area contributed by atoms with Gasteiger partial charge < -0.3 is 0 Å². The monoisotopic (exact) mass is 174 g/mol. The van der Waals surface area contributed by atoms with Crippen LogP contribution in [-0.2, 0) is 0 Å². The topological polar surface area (TPSA) is 17.8 Å². The van der Waals surface area contributed by atoms with Gasteiger partial charge in [-0.1, -0.05) is 25.7 Å². The molecule has 68 valence electrons. The highest BCUT2D eigenvalue weighted by Crippen LogP contribution is 2.05. The van der Waals surface area contributed by atoms with Crippen LogP contribution in [0.25, 0.3) is 5.70 Å². The van der Waals surface area contributed by atoms with Crippen LogP contribution in [0.15, 0.2) is 49.3 Å². The molecule has 0 spiro atoms. The Morgan fingerprint density at radius 3 is 3.00 bits per heavy atom. The molecule has 0 atom stereocenters. The summed E-state index contributed by atoms with van der Waals surface area (Å²) in [6.45, 7) is 5.77. The standard InChI is InChI=1S/C11H14N2/c1-3-5-8-11(7-4-2)13-10-6-9-12-13/h4-10H,2-3H2,1H3/b8-5+,11-7+. The second kappa shape index (κ2) is 5.14. The Hall–Kier alpha value is -1.57. The zero-order chi connectivity index (χ0) is 9.52. The first-order valence-electron chi connectivity index (χ1n) is 4.37. The Morgan fingerprint density at radius 1 is 1.62 bits per heavy atom. The van der Waals surface area contributed by atoms with Gasteiger partial charge in [0.05, 0.1) is 5.70 Å². The van der Waals surface area contributed by atoms with Gasteiger partial charge in [-0.15, -0.1) is 0 Å². The number of aromatic nitrogens is 2. The SMILES string of the molecule is C=C/C=C(\C=C\CC)n1cccn1. The third-order valence-corrected chi connectivity index (χ3v) is 1.58. The number of allylic oxidation sites excluding steroid dienone is 5. The predicted molar refractivity (Wildman–Crippen MR) is 56.1 cm³/mol. The van der Waals surface area contributed by atoms with Crippen molar-refractivity contribution < 1.29 is 0 Å². The first-order valence-corrected chi connectivity index (χ1v) is 4.37. The summed E-state index contributed by atoms with van der Waals surface area (Å²) in [5.41, 5.74) is 1.03. The van der Waals surface area contributed by atoms with Crippen LogP contribution in [0.1, 0.15) is 13.3 Å². The molecule has 2 nitrogen and oxygen atoms in total. The Labute approximate surface area is 78.9 Å². The Bertz CT molecular complexity index is 305. The van der Waals surface area contributed by atoms with Crippen molar-refractivity contribution in [2.45, 2.75) is 13.3 Å². The summed E-state index contributed by atoms with van der Waals surface area (Å²) in [6, 6.07) is 1.90. The maximum absolute atomic E-state index is 4.14. The molecule has 0 aromatic carbocycles. The van der Waals surface area contributed by atoms with Crippen LogP contribution in [0.3, 0.4) is 0 Å². The van der Waals surface area contributed by atoms with Crippen LogP contribution in [0, 0.1) is 0 Å². The zero-order valence-electron chi connectivity index (χ0n) is 7.85. The lowest BCUT2D eigenvalue weighted by Gasteiger charge is -1.99. The van der Waals surface area contributed by atoms with E-state index in [4.69, 9.17) is 0 Å². The molecule has 0 aliphatic rings. The van der Waals surface area contributed by atoms with Gasteiger partial charge in [-0.05, 0) is 24.6 Å². The van der Waals surface area contributed by atoms with Crippen molar-refractivity contribution in [3.63, 3.8) is 0 Å². The summed E-state index contributed by atoms with van der Waals surface area (Å²) in [5, 5.41) is 4.14. The largest absolute Gasteiger partial charge is 0.241 e. The third-order valence-electron chi connectivity index (χ3n) is 1.58. The van der Waals surface area contributed by atoms with Crippen molar-refractivity contribution in [2.24, 2.45) is 0 Å². The van der Waals surface area contributed by atoms with Crippen LogP contribution in [0.4, 0.5) is 0 Å². The highest BCUT2D eigenvalue weighted by molar-refractivity contribution is 5.57. The summed E-state index contributed by atoms with van der Waals surface area (Å²) in [7, 11) is 0. The molecule has 0 aliphatic carbocycles. The van der Waals surface area contributed by atoms with E-state index in [1.807, 2.05) is 29.1 Å². The Kier molecular flexibility index (Phi) is 3.76. The molecular formula is C11H14N2. The number of hydrogen-bond donors (Lipinski definition) is 0. The molecule has 13 heavy (non-hydrogen) atoms. The van der Waals surface area contributed by atoms with E-state index in [0.29, 0.717) is 0 Å². The molecule has 1 rings (SSSR count). The maximum Gasteiger partial charge on any atom is 0.0642 e. The first-order chi connectivity index (χ1) is 6.38. The first kappa shape index (κ1) is 9.52. The Morgan fingerprint density at radius 2 is 2.46 bits per heavy atom. The van der Waals surface area contributed by atoms with Crippen molar-refractivity contribution >= 4 is 5.70 Å². The van der Waals surface area contributed by atoms with E-state index in [1.165, 1.54) is 0 Å². The van der Waals surface area contributed by atoms with Gasteiger partial charge in [-0.25, -0.2) is 4.68 Å². The van der Waals surface area contributed by atoms with E-state index in [-0.39, 0.29) is 0 Å². The minimum Gasteiger partial charge on any atom is -0.241 e. The molecule has 1 heterocycles. The molecule has 2 heteroatoms. The fourth-order valence-electron chi connectivity index (χ4n) is 0.989. The zero-order valence-corrected chi connectivity index (χ0v) is 7.85. The lowest BCUT2D eigenvalue weighted by Crippen LogP contribution is -1.93. The average Bonchev–Trinajstić information content (AvgIpc) is 2.65. The fraction of sp³-hybridized carbons (Fsp3) is 0.182. The van der Waals surface area contributed by atoms with Gasteiger partial charge in [0.25, 0.3) is 0 Å². The van der Waals surface area contributed by atoms with Gasteiger partial charge in [-0.3, -0.25) is 0 Å². The number of rotatable bonds is 4. The van der Waals surface area contributed by atoms with E-state index >= 15 is 0 Å². The molecular weight excluding hydrogens is 160 g/mol. The van der Waals surface area contributed by atoms with Gasteiger partial charge >= 0.3 is 0 Å². The van der Waals surface area contributed by atoms with Crippen LogP contribution >= 0.6 is 0 Å². The fourth-order valence-corrected chi connectivity index (χ4v) is 0.989. The number of hydrogen-bond acceptors (Lipinski definition) is 1. The lowest BCUT2D eigenvalue weighted by molar-refractivity contribution is 0.909. The van der Waals surface area contributed by atoms with Crippen LogP contribution in [-0.4, -0.2) is 9.78 Å². The van der Waals surface area contributed by atoms with E-state index in [0.717, 1.165) is 12.1 Å². The van der Waals surface area contributed by atoms with Crippen LogP contribution in [0.2, 0.25) is 0 Å². The van der Waals surface area contributed by atoms with Gasteiger partial charge in [0.15, 0.2) is 0 Å². The summed E-state index contributed by atoms with van der Waals surface area (Å²) < 4.78 is 1.81. The molecule has 0 radical (unpaired) electrons. The second-order valence-corrected chi connectivity index (χ2v) is 2.59. The Balaban J connectivity index is 2.87. The van der Waals surface area contributed by atoms with Gasteiger partial charge in [0.1, 0.15) is 0 Å². The van der Waals surface area contributed by atoms with Gasteiger partial charge in [0.2, 0.25) is 0 Å². The molecule has 1 aromatic rings. The van der Waals surface area contributed by atoms with Gasteiger partial charge in [-0.2, -0.15) is 5.10 Å². The molecule has 0 bridgehead atoms. The van der Waals surface area contributed by atoms with Gasteiger partial charge in [0, 0.05) is 12.4 Å². The van der Waals surface area contributed by atoms with Crippen molar-refractivity contribution in [1.82, 2.24) is 9.78 Å². The van der Waals surface area contributed by atoms with Crippen molar-refractivity contribution in [3.8, 4) is 0 Å². The predicted octanol–water partition coefficient (Wildman–Crippen LogP) is 2.88. The van der Waals surface area contributed by atoms with Crippen molar-refractivity contribution in [1.29, 1.82) is 0 Å². The molecule has 0 fully saturated rings. The summed E-state index contributed by atoms with van der Waals surface area (Å²) in [4.78, 5) is 0. The molecule has 1 aromatic heterocycles. The average molecular weight is 174 g/mol. The molecule has 0 unspecified atom stereocenters. The number of nitrogens with zero attached hydrogens (tertiary/aromatic N) is 2. The summed E-state index contributed by atoms with van der Waals surface area (Å²) >= 11 is 0. The van der Waals surface area contributed by atoms with Crippen LogP contribution in [0.5, 0.6) is 0 Å². The highest BCUT2D eigenvalue weighted by atomic mass is 15.3. The normalized spacial score (nSPS) is 12.2. The van der Waals surface area contributed by atoms with E-state index in [2.05, 4.69) is 24.7 Å². The minimum atomic E-state index is 1.02. The quantitative estimate of drug-likeness (QED) is 0.642. The smallest absolute Gasteiger partial charge is 0.0642 e. The lowest BCUT2D eigenvalue weighted by atomic mass is 10.3. The van der Waals surface area contributed by atoms with E-state index in [9.17, 15) is 0 Å². The molecule has 0 N–H and O–H groups in total. The minimum absolute atomic E-state index is 1.02.